The van der Waals surface area contributed by atoms with Gasteiger partial charge in [0.1, 0.15) is 0 Å². The highest BCUT2D eigenvalue weighted by molar-refractivity contribution is 5.80. The summed E-state index contributed by atoms with van der Waals surface area (Å²) in [6.07, 6.45) is 6.91. The number of nitrogens with zero attached hydrogens (tertiary/aromatic N) is 3. The van der Waals surface area contributed by atoms with E-state index in [4.69, 9.17) is 0 Å². The zero-order valence-corrected chi connectivity index (χ0v) is 11.2. The Balaban J connectivity index is 1.80. The molecule has 1 atom stereocenters. The number of rotatable bonds is 2. The smallest absolute Gasteiger partial charge is 0.0994 e. The summed E-state index contributed by atoms with van der Waals surface area (Å²) in [5, 5.41) is 4.58. The van der Waals surface area contributed by atoms with Gasteiger partial charge >= 0.3 is 0 Å². The van der Waals surface area contributed by atoms with Gasteiger partial charge in [0.05, 0.1) is 11.8 Å². The Hall–Kier alpha value is -2.20. The van der Waals surface area contributed by atoms with Crippen LogP contribution in [0.3, 0.4) is 0 Å². The third-order valence-corrected chi connectivity index (χ3v) is 4.01. The molecule has 4 heteroatoms. The van der Waals surface area contributed by atoms with Crippen LogP contribution < -0.4 is 5.32 Å². The van der Waals surface area contributed by atoms with Crippen LogP contribution in [0.15, 0.2) is 49.1 Å². The van der Waals surface area contributed by atoms with E-state index in [1.165, 1.54) is 12.1 Å². The third kappa shape index (κ3) is 1.89. The van der Waals surface area contributed by atoms with Gasteiger partial charge in [-0.1, -0.05) is 6.07 Å². The van der Waals surface area contributed by atoms with Crippen molar-refractivity contribution in [3.8, 4) is 5.69 Å². The quantitative estimate of drug-likeness (QED) is 0.773. The number of benzene rings is 1. The van der Waals surface area contributed by atoms with E-state index in [-0.39, 0.29) is 0 Å². The van der Waals surface area contributed by atoms with Crippen LogP contribution in [0.5, 0.6) is 0 Å². The van der Waals surface area contributed by atoms with Gasteiger partial charge in [-0.15, -0.1) is 0 Å². The molecular formula is C16H16N4. The average Bonchev–Trinajstić information content (AvgIpc) is 3.17. The van der Waals surface area contributed by atoms with Crippen LogP contribution in [-0.2, 0) is 0 Å². The molecular weight excluding hydrogens is 248 g/mol. The van der Waals surface area contributed by atoms with Crippen molar-refractivity contribution >= 4 is 10.9 Å². The van der Waals surface area contributed by atoms with Gasteiger partial charge in [0, 0.05) is 41.6 Å². The first kappa shape index (κ1) is 11.6. The molecule has 100 valence electrons. The summed E-state index contributed by atoms with van der Waals surface area (Å²) in [5.74, 6) is 0.557. The summed E-state index contributed by atoms with van der Waals surface area (Å²) in [7, 11) is 0. The van der Waals surface area contributed by atoms with Crippen molar-refractivity contribution in [1.82, 2.24) is 19.9 Å². The van der Waals surface area contributed by atoms with E-state index in [1.807, 2.05) is 24.8 Å². The fourth-order valence-electron chi connectivity index (χ4n) is 2.94. The first-order chi connectivity index (χ1) is 9.92. The second kappa shape index (κ2) is 4.72. The van der Waals surface area contributed by atoms with Gasteiger partial charge in [-0.25, -0.2) is 4.98 Å². The van der Waals surface area contributed by atoms with Gasteiger partial charge in [0.25, 0.3) is 0 Å². The molecule has 0 bridgehead atoms. The van der Waals surface area contributed by atoms with Gasteiger partial charge in [-0.05, 0) is 37.2 Å². The molecule has 0 radical (unpaired) electrons. The number of hydrogen-bond acceptors (Lipinski definition) is 3. The minimum atomic E-state index is 0.557. The number of aromatic nitrogens is 3. The first-order valence-electron chi connectivity index (χ1n) is 7.00. The molecule has 4 rings (SSSR count). The minimum Gasteiger partial charge on any atom is -0.316 e. The highest BCUT2D eigenvalue weighted by Crippen LogP contribution is 2.25. The lowest BCUT2D eigenvalue weighted by atomic mass is 10.1. The van der Waals surface area contributed by atoms with E-state index in [0.29, 0.717) is 5.92 Å². The fourth-order valence-corrected chi connectivity index (χ4v) is 2.94. The zero-order chi connectivity index (χ0) is 13.4. The van der Waals surface area contributed by atoms with Crippen molar-refractivity contribution in [3.05, 3.63) is 54.7 Å². The largest absolute Gasteiger partial charge is 0.316 e. The van der Waals surface area contributed by atoms with Gasteiger partial charge < -0.3 is 9.88 Å². The van der Waals surface area contributed by atoms with Gasteiger partial charge in [0.2, 0.25) is 0 Å². The lowest BCUT2D eigenvalue weighted by molar-refractivity contribution is 0.714. The van der Waals surface area contributed by atoms with Crippen LogP contribution in [0, 0.1) is 0 Å². The summed E-state index contributed by atoms with van der Waals surface area (Å²) in [5.41, 5.74) is 3.48. The predicted octanol–water partition coefficient (Wildman–Crippen LogP) is 2.50. The second-order valence-electron chi connectivity index (χ2n) is 5.26. The van der Waals surface area contributed by atoms with E-state index >= 15 is 0 Å². The molecule has 20 heavy (non-hydrogen) atoms. The third-order valence-electron chi connectivity index (χ3n) is 4.01. The first-order valence-corrected chi connectivity index (χ1v) is 7.00. The molecule has 1 fully saturated rings. The van der Waals surface area contributed by atoms with Crippen molar-refractivity contribution in [3.63, 3.8) is 0 Å². The Morgan fingerprint density at radius 2 is 2.25 bits per heavy atom. The van der Waals surface area contributed by atoms with Crippen molar-refractivity contribution in [1.29, 1.82) is 0 Å². The summed E-state index contributed by atoms with van der Waals surface area (Å²) in [4.78, 5) is 8.71. The van der Waals surface area contributed by atoms with Crippen LogP contribution in [0.1, 0.15) is 18.0 Å². The molecule has 1 aliphatic rings. The monoisotopic (exact) mass is 264 g/mol. The number of hydrogen-bond donors (Lipinski definition) is 1. The Kier molecular flexibility index (Phi) is 2.74. The van der Waals surface area contributed by atoms with Crippen LogP contribution >= 0.6 is 0 Å². The molecule has 0 spiro atoms. The molecule has 3 heterocycles. The molecule has 1 unspecified atom stereocenters. The molecule has 2 aromatic heterocycles. The van der Waals surface area contributed by atoms with Crippen LogP contribution in [0.4, 0.5) is 0 Å². The van der Waals surface area contributed by atoms with Gasteiger partial charge in [0.15, 0.2) is 0 Å². The lowest BCUT2D eigenvalue weighted by Gasteiger charge is -2.13. The fraction of sp³-hybridized carbons (Fsp3) is 0.250. The molecule has 3 aromatic rings. The van der Waals surface area contributed by atoms with Gasteiger partial charge in [-0.2, -0.15) is 0 Å². The normalized spacial score (nSPS) is 18.7. The van der Waals surface area contributed by atoms with E-state index in [9.17, 15) is 0 Å². The Bertz CT molecular complexity index is 741. The molecule has 1 N–H and O–H groups in total. The Morgan fingerprint density at radius 3 is 3.15 bits per heavy atom. The van der Waals surface area contributed by atoms with Crippen molar-refractivity contribution < 1.29 is 0 Å². The highest BCUT2D eigenvalue weighted by Gasteiger charge is 2.20. The maximum atomic E-state index is 4.37. The number of nitrogens with one attached hydrogen (secondary N) is 1. The molecule has 0 aliphatic carbocycles. The zero-order valence-electron chi connectivity index (χ0n) is 11.2. The summed E-state index contributed by atoms with van der Waals surface area (Å²) >= 11 is 0. The Morgan fingerprint density at radius 1 is 1.25 bits per heavy atom. The Labute approximate surface area is 117 Å². The standard InChI is InChI=1S/C16H16N4/c1-2-12-8-14(3-4-15(12)19-6-1)20-11-18-10-16(20)13-5-7-17-9-13/h1-4,6,8,10-11,13,17H,5,7,9H2. The highest BCUT2D eigenvalue weighted by atomic mass is 15.1. The van der Waals surface area contributed by atoms with E-state index in [0.717, 1.165) is 29.7 Å². The van der Waals surface area contributed by atoms with E-state index in [2.05, 4.69) is 44.1 Å². The summed E-state index contributed by atoms with van der Waals surface area (Å²) in [6, 6.07) is 10.4. The molecule has 0 amide bonds. The number of imidazole rings is 1. The number of fused-ring (bicyclic) bond motifs is 1. The molecule has 4 nitrogen and oxygen atoms in total. The lowest BCUT2D eigenvalue weighted by Crippen LogP contribution is -2.10. The number of pyridine rings is 1. The van der Waals surface area contributed by atoms with Crippen molar-refractivity contribution in [2.45, 2.75) is 12.3 Å². The average molecular weight is 264 g/mol. The van der Waals surface area contributed by atoms with E-state index < -0.39 is 0 Å². The molecule has 1 aliphatic heterocycles. The van der Waals surface area contributed by atoms with Crippen LogP contribution in [0.25, 0.3) is 16.6 Å². The van der Waals surface area contributed by atoms with Crippen molar-refractivity contribution in [2.75, 3.05) is 13.1 Å². The second-order valence-corrected chi connectivity index (χ2v) is 5.26. The molecule has 1 saturated heterocycles. The predicted molar refractivity (Wildman–Crippen MR) is 79.1 cm³/mol. The van der Waals surface area contributed by atoms with Crippen LogP contribution in [-0.4, -0.2) is 27.6 Å². The van der Waals surface area contributed by atoms with Crippen LogP contribution in [0.2, 0.25) is 0 Å². The van der Waals surface area contributed by atoms with Gasteiger partial charge in [-0.3, -0.25) is 4.98 Å². The molecule has 1 aromatic carbocycles. The minimum absolute atomic E-state index is 0.557. The van der Waals surface area contributed by atoms with E-state index in [1.54, 1.807) is 0 Å². The summed E-state index contributed by atoms with van der Waals surface area (Å²) < 4.78 is 2.20. The maximum absolute atomic E-state index is 4.37. The summed E-state index contributed by atoms with van der Waals surface area (Å²) in [6.45, 7) is 2.14. The SMILES string of the molecule is c1cnc2ccc(-n3cncc3C3CCNC3)cc2c1. The van der Waals surface area contributed by atoms with Crippen molar-refractivity contribution in [2.24, 2.45) is 0 Å². The molecule has 0 saturated carbocycles. The topological polar surface area (TPSA) is 42.7 Å². The maximum Gasteiger partial charge on any atom is 0.0994 e.